The summed E-state index contributed by atoms with van der Waals surface area (Å²) in [6.45, 7) is 5.24. The van der Waals surface area contributed by atoms with Crippen LogP contribution in [0.4, 0.5) is 22.0 Å². The zero-order valence-corrected chi connectivity index (χ0v) is 25.9. The van der Waals surface area contributed by atoms with Crippen molar-refractivity contribution in [1.82, 2.24) is 0 Å². The Morgan fingerprint density at radius 2 is 0.833 bits per heavy atom. The van der Waals surface area contributed by atoms with E-state index in [9.17, 15) is 31.5 Å². The van der Waals surface area contributed by atoms with E-state index in [1.807, 2.05) is 0 Å². The SMILES string of the molecule is CCCCCCCCCCCCCCCCCCCCOC(=O)C(CC)(CC)C(=O)Oc1c(F)c(F)c(F)c(F)c1F. The van der Waals surface area contributed by atoms with Crippen molar-refractivity contribution in [3.63, 3.8) is 0 Å². The molecule has 9 heteroatoms. The first-order valence-corrected chi connectivity index (χ1v) is 16.1. The van der Waals surface area contributed by atoms with Crippen molar-refractivity contribution in [3.05, 3.63) is 29.1 Å². The van der Waals surface area contributed by atoms with E-state index >= 15 is 0 Å². The summed E-state index contributed by atoms with van der Waals surface area (Å²) < 4.78 is 78.1. The summed E-state index contributed by atoms with van der Waals surface area (Å²) >= 11 is 0. The van der Waals surface area contributed by atoms with Gasteiger partial charge < -0.3 is 9.47 Å². The van der Waals surface area contributed by atoms with E-state index < -0.39 is 52.2 Å². The van der Waals surface area contributed by atoms with Crippen molar-refractivity contribution in [2.24, 2.45) is 5.41 Å². The van der Waals surface area contributed by atoms with Gasteiger partial charge in [-0.15, -0.1) is 0 Å². The Morgan fingerprint density at radius 1 is 0.500 bits per heavy atom. The van der Waals surface area contributed by atoms with Gasteiger partial charge in [0.25, 0.3) is 0 Å². The molecule has 0 aromatic heterocycles. The van der Waals surface area contributed by atoms with Gasteiger partial charge >= 0.3 is 11.9 Å². The molecule has 0 unspecified atom stereocenters. The highest BCUT2D eigenvalue weighted by atomic mass is 19.2. The Kier molecular flexibility index (Phi) is 19.4. The van der Waals surface area contributed by atoms with Crippen molar-refractivity contribution in [1.29, 1.82) is 0 Å². The van der Waals surface area contributed by atoms with Gasteiger partial charge in [-0.2, -0.15) is 8.78 Å². The second kappa shape index (κ2) is 21.5. The summed E-state index contributed by atoms with van der Waals surface area (Å²) in [5.74, 6) is -15.5. The predicted octanol–water partition coefficient (Wildman–Crippen LogP) is 10.7. The zero-order chi connectivity index (χ0) is 31.4. The van der Waals surface area contributed by atoms with Crippen molar-refractivity contribution in [2.75, 3.05) is 6.61 Å². The zero-order valence-electron chi connectivity index (χ0n) is 25.9. The van der Waals surface area contributed by atoms with Crippen molar-refractivity contribution in [3.8, 4) is 5.75 Å². The first-order valence-electron chi connectivity index (χ1n) is 16.1. The van der Waals surface area contributed by atoms with Crippen LogP contribution in [-0.2, 0) is 14.3 Å². The highest BCUT2D eigenvalue weighted by Gasteiger charge is 2.47. The Bertz CT molecular complexity index is 905. The van der Waals surface area contributed by atoms with Gasteiger partial charge in [-0.3, -0.25) is 9.59 Å². The fourth-order valence-electron chi connectivity index (χ4n) is 5.08. The first-order chi connectivity index (χ1) is 20.2. The molecular weight excluding hydrogens is 555 g/mol. The smallest absolute Gasteiger partial charge is 0.329 e. The minimum atomic E-state index is -2.37. The molecule has 0 fully saturated rings. The van der Waals surface area contributed by atoms with E-state index in [0.717, 1.165) is 25.7 Å². The molecule has 0 atom stereocenters. The van der Waals surface area contributed by atoms with Crippen LogP contribution < -0.4 is 4.74 Å². The summed E-state index contributed by atoms with van der Waals surface area (Å²) in [7, 11) is 0. The van der Waals surface area contributed by atoms with Crippen LogP contribution in [0.1, 0.15) is 149 Å². The molecule has 0 amide bonds. The molecular formula is C33H51F5O4. The van der Waals surface area contributed by atoms with E-state index in [1.165, 1.54) is 97.3 Å². The second-order valence-electron chi connectivity index (χ2n) is 11.2. The molecule has 1 aromatic carbocycles. The topological polar surface area (TPSA) is 52.6 Å². The van der Waals surface area contributed by atoms with Crippen molar-refractivity contribution in [2.45, 2.75) is 149 Å². The number of ether oxygens (including phenoxy) is 2. The molecule has 0 aliphatic rings. The van der Waals surface area contributed by atoms with Crippen LogP contribution in [-0.4, -0.2) is 18.5 Å². The van der Waals surface area contributed by atoms with Crippen LogP contribution in [0.3, 0.4) is 0 Å². The molecule has 1 aromatic rings. The number of carbonyl (C=O) groups excluding carboxylic acids is 2. The van der Waals surface area contributed by atoms with Crippen molar-refractivity contribution >= 4 is 11.9 Å². The summed E-state index contributed by atoms with van der Waals surface area (Å²) in [5, 5.41) is 0. The average Bonchev–Trinajstić information content (AvgIpc) is 2.99. The van der Waals surface area contributed by atoms with Crippen LogP contribution in [0, 0.1) is 34.5 Å². The Morgan fingerprint density at radius 3 is 1.19 bits per heavy atom. The molecule has 0 N–H and O–H groups in total. The van der Waals surface area contributed by atoms with Crippen LogP contribution in [0.2, 0.25) is 0 Å². The van der Waals surface area contributed by atoms with Gasteiger partial charge in [0.05, 0.1) is 6.61 Å². The number of carbonyl (C=O) groups is 2. The Balaban J connectivity index is 2.24. The maximum absolute atomic E-state index is 14.0. The van der Waals surface area contributed by atoms with Crippen LogP contribution in [0.15, 0.2) is 0 Å². The van der Waals surface area contributed by atoms with E-state index in [4.69, 9.17) is 4.74 Å². The third kappa shape index (κ3) is 12.2. The number of benzene rings is 1. The fraction of sp³-hybridized carbons (Fsp3) is 0.758. The van der Waals surface area contributed by atoms with Crippen molar-refractivity contribution < 1.29 is 41.0 Å². The lowest BCUT2D eigenvalue weighted by atomic mass is 9.82. The third-order valence-corrected chi connectivity index (χ3v) is 8.08. The first kappa shape index (κ1) is 37.8. The normalized spacial score (nSPS) is 11.6. The van der Waals surface area contributed by atoms with Gasteiger partial charge in [-0.05, 0) is 19.3 Å². The lowest BCUT2D eigenvalue weighted by Crippen LogP contribution is -2.43. The van der Waals surface area contributed by atoms with Gasteiger partial charge in [0.1, 0.15) is 0 Å². The fourth-order valence-corrected chi connectivity index (χ4v) is 5.08. The number of hydrogen-bond acceptors (Lipinski definition) is 4. The summed E-state index contributed by atoms with van der Waals surface area (Å²) in [4.78, 5) is 25.5. The van der Waals surface area contributed by atoms with Gasteiger partial charge in [0.2, 0.25) is 34.8 Å². The minimum absolute atomic E-state index is 0.0507. The maximum atomic E-state index is 14.0. The Hall–Kier alpha value is -2.19. The second-order valence-corrected chi connectivity index (χ2v) is 11.2. The van der Waals surface area contributed by atoms with E-state index in [0.29, 0.717) is 6.42 Å². The molecule has 0 aliphatic carbocycles. The van der Waals surface area contributed by atoms with E-state index in [-0.39, 0.29) is 19.4 Å². The quantitative estimate of drug-likeness (QED) is 0.0223. The number of hydrogen-bond donors (Lipinski definition) is 0. The molecule has 4 nitrogen and oxygen atoms in total. The molecule has 0 radical (unpaired) electrons. The minimum Gasteiger partial charge on any atom is -0.465 e. The number of halogens is 5. The maximum Gasteiger partial charge on any atom is 0.329 e. The number of rotatable bonds is 24. The van der Waals surface area contributed by atoms with Crippen LogP contribution in [0.25, 0.3) is 0 Å². The highest BCUT2D eigenvalue weighted by molar-refractivity contribution is 6.00. The molecule has 0 heterocycles. The van der Waals surface area contributed by atoms with E-state index in [2.05, 4.69) is 11.7 Å². The molecule has 0 saturated heterocycles. The molecule has 0 bridgehead atoms. The largest absolute Gasteiger partial charge is 0.465 e. The molecule has 0 aliphatic heterocycles. The standard InChI is InChI=1S/C33H51F5O4/c1-4-7-8-9-10-11-12-13-14-15-16-17-18-19-20-21-22-23-24-41-31(39)33(5-2,6-3)32(40)42-30-28(37)26(35)25(34)27(36)29(30)38/h4-24H2,1-3H3. The van der Waals surface area contributed by atoms with Gasteiger partial charge in [-0.1, -0.05) is 130 Å². The number of unbranched alkanes of at least 4 members (excludes halogenated alkanes) is 17. The summed E-state index contributed by atoms with van der Waals surface area (Å²) in [5.41, 5.74) is -1.94. The van der Waals surface area contributed by atoms with Gasteiger partial charge in [-0.25, -0.2) is 13.2 Å². The molecule has 242 valence electrons. The molecule has 42 heavy (non-hydrogen) atoms. The monoisotopic (exact) mass is 606 g/mol. The third-order valence-electron chi connectivity index (χ3n) is 8.08. The summed E-state index contributed by atoms with van der Waals surface area (Å²) in [6.07, 6.45) is 21.7. The predicted molar refractivity (Wildman–Crippen MR) is 155 cm³/mol. The molecule has 0 saturated carbocycles. The lowest BCUT2D eigenvalue weighted by Gasteiger charge is -2.27. The van der Waals surface area contributed by atoms with E-state index in [1.54, 1.807) is 0 Å². The van der Waals surface area contributed by atoms with Crippen LogP contribution >= 0.6 is 0 Å². The van der Waals surface area contributed by atoms with Crippen LogP contribution in [0.5, 0.6) is 5.75 Å². The highest BCUT2D eigenvalue weighted by Crippen LogP contribution is 2.35. The Labute approximate surface area is 249 Å². The lowest BCUT2D eigenvalue weighted by molar-refractivity contribution is -0.168. The molecule has 1 rings (SSSR count). The van der Waals surface area contributed by atoms with Gasteiger partial charge in [0, 0.05) is 0 Å². The average molecular weight is 607 g/mol. The molecule has 0 spiro atoms. The summed E-state index contributed by atoms with van der Waals surface area (Å²) in [6, 6.07) is 0. The number of esters is 2. The van der Waals surface area contributed by atoms with Gasteiger partial charge in [0.15, 0.2) is 5.41 Å².